The van der Waals surface area contributed by atoms with E-state index in [9.17, 15) is 9.59 Å². The first-order valence-corrected chi connectivity index (χ1v) is 8.51. The first-order chi connectivity index (χ1) is 11.9. The Morgan fingerprint density at radius 3 is 2.40 bits per heavy atom. The molecule has 0 radical (unpaired) electrons. The summed E-state index contributed by atoms with van der Waals surface area (Å²) < 4.78 is 10.4. The molecule has 1 aliphatic heterocycles. The van der Waals surface area contributed by atoms with E-state index in [2.05, 4.69) is 41.0 Å². The van der Waals surface area contributed by atoms with Crippen molar-refractivity contribution in [2.75, 3.05) is 32.1 Å². The van der Waals surface area contributed by atoms with Gasteiger partial charge in [-0.1, -0.05) is 0 Å². The molecule has 1 saturated heterocycles. The Morgan fingerprint density at radius 2 is 1.84 bits per heavy atom. The van der Waals surface area contributed by atoms with Gasteiger partial charge in [0.05, 0.1) is 24.9 Å². The van der Waals surface area contributed by atoms with E-state index in [0.29, 0.717) is 17.8 Å². The molecule has 7 nitrogen and oxygen atoms in total. The molecule has 1 aliphatic rings. The molecular weight excluding hydrogens is 322 g/mol. The number of morpholine rings is 1. The third kappa shape index (κ3) is 5.72. The fourth-order valence-electron chi connectivity index (χ4n) is 2.93. The van der Waals surface area contributed by atoms with Crippen LogP contribution >= 0.6 is 0 Å². The molecule has 1 aromatic rings. The first-order valence-electron chi connectivity index (χ1n) is 8.51. The minimum Gasteiger partial charge on any atom is -0.465 e. The van der Waals surface area contributed by atoms with Crippen molar-refractivity contribution in [2.45, 2.75) is 39.0 Å². The maximum absolute atomic E-state index is 12.0. The number of nitrogens with zero attached hydrogens (tertiary/aromatic N) is 1. The van der Waals surface area contributed by atoms with Gasteiger partial charge in [0.15, 0.2) is 0 Å². The van der Waals surface area contributed by atoms with Crippen LogP contribution in [0.4, 0.5) is 10.5 Å². The van der Waals surface area contributed by atoms with E-state index in [1.807, 2.05) is 0 Å². The third-order valence-electron chi connectivity index (χ3n) is 4.19. The number of hydrogen-bond acceptors (Lipinski definition) is 5. The van der Waals surface area contributed by atoms with Crippen LogP contribution in [0.25, 0.3) is 0 Å². The summed E-state index contributed by atoms with van der Waals surface area (Å²) in [5.74, 6) is -0.404. The van der Waals surface area contributed by atoms with Gasteiger partial charge in [0.1, 0.15) is 0 Å². The second kappa shape index (κ2) is 8.82. The molecule has 2 N–H and O–H groups in total. The molecule has 3 atom stereocenters. The molecule has 0 saturated carbocycles. The molecular formula is C18H27N3O4. The maximum Gasteiger partial charge on any atom is 0.337 e. The normalized spacial score (nSPS) is 22.1. The topological polar surface area (TPSA) is 79.9 Å². The van der Waals surface area contributed by atoms with E-state index in [1.165, 1.54) is 7.11 Å². The number of anilines is 1. The van der Waals surface area contributed by atoms with E-state index in [-0.39, 0.29) is 24.3 Å². The predicted octanol–water partition coefficient (Wildman–Crippen LogP) is 2.09. The average Bonchev–Trinajstić information content (AvgIpc) is 2.58. The number of methoxy groups -OCH3 is 1. The Morgan fingerprint density at radius 1 is 1.24 bits per heavy atom. The van der Waals surface area contributed by atoms with Gasteiger partial charge in [-0.25, -0.2) is 9.59 Å². The quantitative estimate of drug-likeness (QED) is 0.796. The lowest BCUT2D eigenvalue weighted by Gasteiger charge is -2.38. The van der Waals surface area contributed by atoms with Gasteiger partial charge in [-0.05, 0) is 45.0 Å². The summed E-state index contributed by atoms with van der Waals surface area (Å²) in [6.45, 7) is 8.50. The average molecular weight is 349 g/mol. The Balaban J connectivity index is 1.79. The summed E-state index contributed by atoms with van der Waals surface area (Å²) in [5, 5.41) is 5.64. The summed E-state index contributed by atoms with van der Waals surface area (Å²) in [5.41, 5.74) is 1.06. The number of rotatable bonds is 5. The van der Waals surface area contributed by atoms with Crippen LogP contribution in [-0.2, 0) is 9.47 Å². The maximum atomic E-state index is 12.0. The highest BCUT2D eigenvalue weighted by Gasteiger charge is 2.25. The molecule has 0 bridgehead atoms. The smallest absolute Gasteiger partial charge is 0.337 e. The molecule has 0 spiro atoms. The van der Waals surface area contributed by atoms with Gasteiger partial charge in [-0.2, -0.15) is 0 Å². The first kappa shape index (κ1) is 19.2. The summed E-state index contributed by atoms with van der Waals surface area (Å²) in [6, 6.07) is 6.51. The molecule has 0 aliphatic carbocycles. The van der Waals surface area contributed by atoms with Crippen LogP contribution in [0.15, 0.2) is 24.3 Å². The van der Waals surface area contributed by atoms with E-state index in [0.717, 1.165) is 13.1 Å². The lowest BCUT2D eigenvalue weighted by atomic mass is 10.2. The van der Waals surface area contributed by atoms with E-state index in [4.69, 9.17) is 4.74 Å². The van der Waals surface area contributed by atoms with Crippen molar-refractivity contribution in [3.8, 4) is 0 Å². The number of benzene rings is 1. The van der Waals surface area contributed by atoms with E-state index < -0.39 is 5.97 Å². The summed E-state index contributed by atoms with van der Waals surface area (Å²) in [7, 11) is 1.33. The largest absolute Gasteiger partial charge is 0.465 e. The zero-order chi connectivity index (χ0) is 18.4. The second-order valence-electron chi connectivity index (χ2n) is 6.46. The number of carbonyl (C=O) groups excluding carboxylic acids is 2. The fraction of sp³-hybridized carbons (Fsp3) is 0.556. The number of amides is 2. The van der Waals surface area contributed by atoms with E-state index in [1.54, 1.807) is 24.3 Å². The van der Waals surface area contributed by atoms with Crippen LogP contribution < -0.4 is 10.6 Å². The van der Waals surface area contributed by atoms with Crippen LogP contribution in [0.2, 0.25) is 0 Å². The highest BCUT2D eigenvalue weighted by Crippen LogP contribution is 2.13. The van der Waals surface area contributed by atoms with Crippen molar-refractivity contribution in [1.29, 1.82) is 0 Å². The Labute approximate surface area is 148 Å². The number of hydrogen-bond donors (Lipinski definition) is 2. The minimum atomic E-state index is -0.404. The number of urea groups is 1. The second-order valence-corrected chi connectivity index (χ2v) is 6.46. The van der Waals surface area contributed by atoms with Crippen molar-refractivity contribution >= 4 is 17.7 Å². The van der Waals surface area contributed by atoms with Gasteiger partial charge in [-0.15, -0.1) is 0 Å². The van der Waals surface area contributed by atoms with Crippen molar-refractivity contribution in [1.82, 2.24) is 10.2 Å². The summed E-state index contributed by atoms with van der Waals surface area (Å²) >= 11 is 0. The summed E-state index contributed by atoms with van der Waals surface area (Å²) in [6.07, 6.45) is 0.404. The van der Waals surface area contributed by atoms with Crippen LogP contribution in [-0.4, -0.2) is 61.9 Å². The predicted molar refractivity (Wildman–Crippen MR) is 95.8 cm³/mol. The zero-order valence-electron chi connectivity index (χ0n) is 15.2. The molecule has 0 unspecified atom stereocenters. The minimum absolute atomic E-state index is 0.202. The number of ether oxygens (including phenoxy) is 2. The number of esters is 1. The van der Waals surface area contributed by atoms with Crippen molar-refractivity contribution < 1.29 is 19.1 Å². The van der Waals surface area contributed by atoms with Crippen LogP contribution in [0.3, 0.4) is 0 Å². The van der Waals surface area contributed by atoms with Gasteiger partial charge in [0.2, 0.25) is 0 Å². The van der Waals surface area contributed by atoms with Crippen LogP contribution in [0.1, 0.15) is 31.1 Å². The molecule has 25 heavy (non-hydrogen) atoms. The summed E-state index contributed by atoms with van der Waals surface area (Å²) in [4.78, 5) is 25.8. The molecule has 7 heteroatoms. The van der Waals surface area contributed by atoms with Crippen molar-refractivity contribution in [3.63, 3.8) is 0 Å². The van der Waals surface area contributed by atoms with Gasteiger partial charge < -0.3 is 20.1 Å². The number of nitrogens with one attached hydrogen (secondary N) is 2. The van der Waals surface area contributed by atoms with Crippen molar-refractivity contribution in [2.24, 2.45) is 0 Å². The monoisotopic (exact) mass is 349 g/mol. The van der Waals surface area contributed by atoms with Gasteiger partial charge in [0.25, 0.3) is 0 Å². The van der Waals surface area contributed by atoms with Crippen molar-refractivity contribution in [3.05, 3.63) is 29.8 Å². The van der Waals surface area contributed by atoms with Crippen LogP contribution in [0.5, 0.6) is 0 Å². The fourth-order valence-corrected chi connectivity index (χ4v) is 2.93. The Hall–Kier alpha value is -2.12. The highest BCUT2D eigenvalue weighted by molar-refractivity contribution is 5.92. The lowest BCUT2D eigenvalue weighted by Crippen LogP contribution is -2.52. The van der Waals surface area contributed by atoms with Crippen LogP contribution in [0, 0.1) is 0 Å². The number of carbonyl (C=O) groups is 2. The van der Waals surface area contributed by atoms with E-state index >= 15 is 0 Å². The molecule has 1 heterocycles. The van der Waals surface area contributed by atoms with Gasteiger partial charge in [-0.3, -0.25) is 4.90 Å². The van der Waals surface area contributed by atoms with Gasteiger partial charge >= 0.3 is 12.0 Å². The molecule has 1 aromatic carbocycles. The molecule has 2 rings (SSSR count). The standard InChI is InChI=1S/C18H27N3O4/c1-12(21-10-13(2)25-14(3)11-21)9-19-18(23)20-16-7-5-15(6-8-16)17(22)24-4/h5-8,12-14H,9-11H2,1-4H3,(H2,19,20,23)/t12-,13+,14+/m0/s1. The third-order valence-corrected chi connectivity index (χ3v) is 4.19. The molecule has 0 aromatic heterocycles. The Bertz CT molecular complexity index is 580. The highest BCUT2D eigenvalue weighted by atomic mass is 16.5. The molecule has 138 valence electrons. The molecule has 1 fully saturated rings. The SMILES string of the molecule is COC(=O)c1ccc(NC(=O)NC[C@H](C)N2C[C@@H](C)O[C@H](C)C2)cc1. The molecule has 2 amide bonds. The lowest BCUT2D eigenvalue weighted by molar-refractivity contribution is -0.0777. The Kier molecular flexibility index (Phi) is 6.78. The zero-order valence-corrected chi connectivity index (χ0v) is 15.2. The van der Waals surface area contributed by atoms with Gasteiger partial charge in [0, 0.05) is 31.4 Å².